The third kappa shape index (κ3) is 1.02. The van der Waals surface area contributed by atoms with E-state index in [-0.39, 0.29) is 0 Å². The molecule has 0 fully saturated rings. The molecule has 2 rings (SSSR count). The maximum absolute atomic E-state index is 2.27. The lowest BCUT2D eigenvalue weighted by Gasteiger charge is -2.26. The fourth-order valence-electron chi connectivity index (χ4n) is 1.60. The average molecular weight is 159 g/mol. The van der Waals surface area contributed by atoms with Crippen molar-refractivity contribution in [3.63, 3.8) is 0 Å². The molecule has 0 aliphatic carbocycles. The molecule has 62 valence electrons. The SMILES string of the molecule is CC1=CCc2ccccc2N1C. The van der Waals surface area contributed by atoms with Gasteiger partial charge in [0.15, 0.2) is 0 Å². The lowest BCUT2D eigenvalue weighted by atomic mass is 10.0. The number of hydrogen-bond donors (Lipinski definition) is 0. The summed E-state index contributed by atoms with van der Waals surface area (Å²) in [5, 5.41) is 0. The molecule has 0 bridgehead atoms. The van der Waals surface area contributed by atoms with Crippen LogP contribution in [-0.2, 0) is 6.42 Å². The summed E-state index contributed by atoms with van der Waals surface area (Å²) in [7, 11) is 2.11. The molecule has 1 aliphatic heterocycles. The first-order chi connectivity index (χ1) is 5.79. The van der Waals surface area contributed by atoms with Crippen molar-refractivity contribution < 1.29 is 0 Å². The van der Waals surface area contributed by atoms with Crippen LogP contribution in [0.15, 0.2) is 36.0 Å². The Morgan fingerprint density at radius 1 is 1.25 bits per heavy atom. The molecule has 0 saturated heterocycles. The van der Waals surface area contributed by atoms with E-state index in [9.17, 15) is 0 Å². The number of anilines is 1. The molecule has 1 aliphatic rings. The lowest BCUT2D eigenvalue weighted by Crippen LogP contribution is -2.19. The van der Waals surface area contributed by atoms with E-state index in [0.717, 1.165) is 6.42 Å². The molecular weight excluding hydrogens is 146 g/mol. The average Bonchev–Trinajstić information content (AvgIpc) is 2.12. The van der Waals surface area contributed by atoms with Gasteiger partial charge in [-0.3, -0.25) is 0 Å². The molecule has 0 saturated carbocycles. The second-order valence-electron chi connectivity index (χ2n) is 3.24. The van der Waals surface area contributed by atoms with Gasteiger partial charge in [-0.05, 0) is 25.0 Å². The number of hydrogen-bond acceptors (Lipinski definition) is 1. The number of allylic oxidation sites excluding steroid dienone is 2. The van der Waals surface area contributed by atoms with Gasteiger partial charge in [-0.15, -0.1) is 0 Å². The first kappa shape index (κ1) is 7.41. The van der Waals surface area contributed by atoms with Crippen molar-refractivity contribution in [2.45, 2.75) is 13.3 Å². The van der Waals surface area contributed by atoms with E-state index in [1.807, 2.05) is 0 Å². The molecule has 0 amide bonds. The van der Waals surface area contributed by atoms with Crippen LogP contribution in [0.1, 0.15) is 12.5 Å². The van der Waals surface area contributed by atoms with Gasteiger partial charge in [-0.25, -0.2) is 0 Å². The summed E-state index contributed by atoms with van der Waals surface area (Å²) in [5.41, 5.74) is 4.11. The van der Waals surface area contributed by atoms with Gasteiger partial charge in [0.2, 0.25) is 0 Å². The molecular formula is C11H13N. The highest BCUT2D eigenvalue weighted by Gasteiger charge is 2.11. The molecule has 0 radical (unpaired) electrons. The second-order valence-corrected chi connectivity index (χ2v) is 3.24. The molecule has 0 spiro atoms. The molecule has 0 aromatic heterocycles. The highest BCUT2D eigenvalue weighted by molar-refractivity contribution is 5.60. The van der Waals surface area contributed by atoms with Gasteiger partial charge in [-0.2, -0.15) is 0 Å². The first-order valence-corrected chi connectivity index (χ1v) is 4.27. The third-order valence-corrected chi connectivity index (χ3v) is 2.50. The largest absolute Gasteiger partial charge is 0.349 e. The van der Waals surface area contributed by atoms with E-state index in [1.54, 1.807) is 0 Å². The number of para-hydroxylation sites is 1. The fraction of sp³-hybridized carbons (Fsp3) is 0.273. The van der Waals surface area contributed by atoms with E-state index < -0.39 is 0 Å². The highest BCUT2D eigenvalue weighted by Crippen LogP contribution is 2.27. The summed E-state index contributed by atoms with van der Waals surface area (Å²) in [6, 6.07) is 8.55. The predicted molar refractivity (Wildman–Crippen MR) is 52.3 cm³/mol. The Bertz CT molecular complexity index is 326. The van der Waals surface area contributed by atoms with Gasteiger partial charge in [0.25, 0.3) is 0 Å². The molecule has 0 N–H and O–H groups in total. The van der Waals surface area contributed by atoms with E-state index in [0.29, 0.717) is 0 Å². The topological polar surface area (TPSA) is 3.24 Å². The maximum Gasteiger partial charge on any atom is 0.0441 e. The van der Waals surface area contributed by atoms with Gasteiger partial charge in [0.1, 0.15) is 0 Å². The Morgan fingerprint density at radius 2 is 2.00 bits per heavy atom. The zero-order valence-corrected chi connectivity index (χ0v) is 7.54. The van der Waals surface area contributed by atoms with Gasteiger partial charge in [-0.1, -0.05) is 24.3 Å². The van der Waals surface area contributed by atoms with Crippen LogP contribution in [0.25, 0.3) is 0 Å². The molecule has 12 heavy (non-hydrogen) atoms. The number of nitrogens with zero attached hydrogens (tertiary/aromatic N) is 1. The fourth-order valence-corrected chi connectivity index (χ4v) is 1.60. The normalized spacial score (nSPS) is 15.5. The molecule has 1 aromatic carbocycles. The van der Waals surface area contributed by atoms with Crippen molar-refractivity contribution in [1.82, 2.24) is 0 Å². The van der Waals surface area contributed by atoms with Crippen LogP contribution in [-0.4, -0.2) is 7.05 Å². The standard InChI is InChI=1S/C11H13N/c1-9-7-8-10-5-3-4-6-11(10)12(9)2/h3-7H,8H2,1-2H3. The smallest absolute Gasteiger partial charge is 0.0441 e. The van der Waals surface area contributed by atoms with Crippen LogP contribution < -0.4 is 4.90 Å². The van der Waals surface area contributed by atoms with E-state index >= 15 is 0 Å². The zero-order chi connectivity index (χ0) is 8.55. The predicted octanol–water partition coefficient (Wildman–Crippen LogP) is 2.58. The van der Waals surface area contributed by atoms with Crippen LogP contribution in [0.2, 0.25) is 0 Å². The quantitative estimate of drug-likeness (QED) is 0.562. The van der Waals surface area contributed by atoms with E-state index in [4.69, 9.17) is 0 Å². The molecule has 1 heterocycles. The first-order valence-electron chi connectivity index (χ1n) is 4.27. The lowest BCUT2D eigenvalue weighted by molar-refractivity contribution is 1.01. The summed E-state index contributed by atoms with van der Waals surface area (Å²) in [6.45, 7) is 2.15. The van der Waals surface area contributed by atoms with Crippen molar-refractivity contribution >= 4 is 5.69 Å². The molecule has 0 unspecified atom stereocenters. The summed E-state index contributed by atoms with van der Waals surface area (Å²) >= 11 is 0. The van der Waals surface area contributed by atoms with Crippen molar-refractivity contribution in [2.24, 2.45) is 0 Å². The Labute approximate surface area is 73.3 Å². The minimum atomic E-state index is 1.08. The molecule has 0 atom stereocenters. The third-order valence-electron chi connectivity index (χ3n) is 2.50. The Hall–Kier alpha value is -1.24. The second kappa shape index (κ2) is 2.67. The van der Waals surface area contributed by atoms with Crippen LogP contribution >= 0.6 is 0 Å². The van der Waals surface area contributed by atoms with E-state index in [1.165, 1.54) is 16.9 Å². The van der Waals surface area contributed by atoms with Crippen LogP contribution in [0.5, 0.6) is 0 Å². The summed E-state index contributed by atoms with van der Waals surface area (Å²) in [5.74, 6) is 0. The Morgan fingerprint density at radius 3 is 2.83 bits per heavy atom. The van der Waals surface area contributed by atoms with Gasteiger partial charge >= 0.3 is 0 Å². The maximum atomic E-state index is 2.27. The Balaban J connectivity index is 2.49. The monoisotopic (exact) mass is 159 g/mol. The van der Waals surface area contributed by atoms with Gasteiger partial charge < -0.3 is 4.90 Å². The van der Waals surface area contributed by atoms with Crippen molar-refractivity contribution in [2.75, 3.05) is 11.9 Å². The van der Waals surface area contributed by atoms with E-state index in [2.05, 4.69) is 49.2 Å². The van der Waals surface area contributed by atoms with Crippen LogP contribution in [0.4, 0.5) is 5.69 Å². The Kier molecular flexibility index (Phi) is 1.65. The molecule has 1 heteroatoms. The minimum Gasteiger partial charge on any atom is -0.349 e. The number of rotatable bonds is 0. The number of benzene rings is 1. The highest BCUT2D eigenvalue weighted by atomic mass is 15.1. The zero-order valence-electron chi connectivity index (χ0n) is 7.54. The van der Waals surface area contributed by atoms with Crippen LogP contribution in [0.3, 0.4) is 0 Å². The van der Waals surface area contributed by atoms with Crippen molar-refractivity contribution in [3.8, 4) is 0 Å². The summed E-state index contributed by atoms with van der Waals surface area (Å²) < 4.78 is 0. The van der Waals surface area contributed by atoms with Crippen molar-refractivity contribution in [3.05, 3.63) is 41.6 Å². The molecule has 1 nitrogen and oxygen atoms in total. The van der Waals surface area contributed by atoms with Crippen LogP contribution in [0, 0.1) is 0 Å². The summed E-state index contributed by atoms with van der Waals surface area (Å²) in [6.07, 6.45) is 3.34. The number of fused-ring (bicyclic) bond motifs is 1. The van der Waals surface area contributed by atoms with Gasteiger partial charge in [0, 0.05) is 18.4 Å². The molecule has 1 aromatic rings. The van der Waals surface area contributed by atoms with Gasteiger partial charge in [0.05, 0.1) is 0 Å². The summed E-state index contributed by atoms with van der Waals surface area (Å²) in [4.78, 5) is 2.23. The van der Waals surface area contributed by atoms with Crippen molar-refractivity contribution in [1.29, 1.82) is 0 Å². The minimum absolute atomic E-state index is 1.08.